The van der Waals surface area contributed by atoms with Crippen LogP contribution in [-0.4, -0.2) is 47.4 Å². The third kappa shape index (κ3) is 3.41. The van der Waals surface area contributed by atoms with Crippen molar-refractivity contribution in [3.63, 3.8) is 0 Å². The van der Waals surface area contributed by atoms with Crippen LogP contribution in [0.4, 0.5) is 0 Å². The number of carbonyl (C=O) groups excluding carboxylic acids is 2. The summed E-state index contributed by atoms with van der Waals surface area (Å²) < 4.78 is 5.04. The Kier molecular flexibility index (Phi) is 5.06. The lowest BCUT2D eigenvalue weighted by molar-refractivity contribution is -0.131. The number of aromatic nitrogens is 1. The zero-order valence-corrected chi connectivity index (χ0v) is 16.1. The number of aryl methyl sites for hydroxylation is 1. The van der Waals surface area contributed by atoms with Gasteiger partial charge in [-0.1, -0.05) is 6.07 Å². The fourth-order valence-corrected chi connectivity index (χ4v) is 5.28. The minimum Gasteiger partial charge on any atom is -0.378 e. The first kappa shape index (κ1) is 17.6. The Balaban J connectivity index is 1.31. The normalized spacial score (nSPS) is 23.7. The van der Waals surface area contributed by atoms with Crippen molar-refractivity contribution in [2.45, 2.75) is 38.0 Å². The van der Waals surface area contributed by atoms with Crippen molar-refractivity contribution in [3.8, 4) is 0 Å². The van der Waals surface area contributed by atoms with Crippen molar-refractivity contribution in [3.05, 3.63) is 38.5 Å². The van der Waals surface area contributed by atoms with Gasteiger partial charge in [-0.05, 0) is 24.3 Å². The summed E-state index contributed by atoms with van der Waals surface area (Å²) in [7, 11) is 1.61. The van der Waals surface area contributed by atoms with Crippen LogP contribution in [0.5, 0.6) is 0 Å². The van der Waals surface area contributed by atoms with E-state index in [4.69, 9.17) is 4.74 Å². The lowest BCUT2D eigenvalue weighted by Crippen LogP contribution is -2.55. The first-order valence-electron chi connectivity index (χ1n) is 8.72. The van der Waals surface area contributed by atoms with E-state index in [2.05, 4.69) is 16.4 Å². The molecule has 3 atom stereocenters. The predicted octanol–water partition coefficient (Wildman–Crippen LogP) is 2.31. The van der Waals surface area contributed by atoms with E-state index in [-0.39, 0.29) is 23.9 Å². The zero-order chi connectivity index (χ0) is 18.1. The molecule has 4 heterocycles. The van der Waals surface area contributed by atoms with Crippen molar-refractivity contribution >= 4 is 34.5 Å². The summed E-state index contributed by atoms with van der Waals surface area (Å²) in [6.45, 7) is 1.18. The molecule has 0 aromatic carbocycles. The molecule has 1 N–H and O–H groups in total. The number of methoxy groups -OCH3 is 1. The van der Waals surface area contributed by atoms with Crippen LogP contribution in [0.25, 0.3) is 0 Å². The molecule has 3 unspecified atom stereocenters. The van der Waals surface area contributed by atoms with Gasteiger partial charge in [0.15, 0.2) is 0 Å². The first-order chi connectivity index (χ1) is 12.7. The Labute approximate surface area is 160 Å². The van der Waals surface area contributed by atoms with E-state index in [1.54, 1.807) is 24.6 Å². The molecule has 8 heteroatoms. The fourth-order valence-electron chi connectivity index (χ4n) is 3.78. The Bertz CT molecular complexity index is 789. The standard InChI is InChI=1S/C18H21N3O3S2/c1-24-10-15-19-8-14(26-15)18(23)20-17-11-7-13(17)21(9-11)16(22)5-4-12-3-2-6-25-12/h2-3,6,8,11,13,17H,4-5,7,9-10H2,1H3,(H,20,23). The number of thiophene rings is 1. The summed E-state index contributed by atoms with van der Waals surface area (Å²) >= 11 is 3.04. The predicted molar refractivity (Wildman–Crippen MR) is 100 cm³/mol. The van der Waals surface area contributed by atoms with Crippen LogP contribution >= 0.6 is 22.7 Å². The van der Waals surface area contributed by atoms with E-state index in [1.165, 1.54) is 16.2 Å². The van der Waals surface area contributed by atoms with Gasteiger partial charge in [0.05, 0.1) is 24.9 Å². The number of hydrogen-bond donors (Lipinski definition) is 1. The molecule has 0 radical (unpaired) electrons. The van der Waals surface area contributed by atoms with Gasteiger partial charge in [-0.3, -0.25) is 9.59 Å². The van der Waals surface area contributed by atoms with Crippen LogP contribution < -0.4 is 5.32 Å². The molecule has 1 saturated carbocycles. The van der Waals surface area contributed by atoms with Crippen molar-refractivity contribution in [1.82, 2.24) is 15.2 Å². The maximum absolute atomic E-state index is 12.6. The topological polar surface area (TPSA) is 71.5 Å². The third-order valence-electron chi connectivity index (χ3n) is 5.13. The van der Waals surface area contributed by atoms with Gasteiger partial charge in [-0.15, -0.1) is 22.7 Å². The quantitative estimate of drug-likeness (QED) is 0.786. The summed E-state index contributed by atoms with van der Waals surface area (Å²) in [6, 6.07) is 4.30. The van der Waals surface area contributed by atoms with Crippen LogP contribution in [0.15, 0.2) is 23.7 Å². The second kappa shape index (κ2) is 7.46. The first-order valence-corrected chi connectivity index (χ1v) is 10.4. The van der Waals surface area contributed by atoms with Crippen LogP contribution in [0.3, 0.4) is 0 Å². The Morgan fingerprint density at radius 2 is 2.35 bits per heavy atom. The van der Waals surface area contributed by atoms with E-state index >= 15 is 0 Å². The molecule has 6 nitrogen and oxygen atoms in total. The molecule has 2 bridgehead atoms. The number of amides is 2. The molecule has 2 aromatic rings. The molecule has 0 spiro atoms. The number of fused-ring (bicyclic) bond motifs is 1. The van der Waals surface area contributed by atoms with E-state index in [0.29, 0.717) is 23.8 Å². The number of thiazole rings is 1. The third-order valence-corrected chi connectivity index (χ3v) is 7.03. The summed E-state index contributed by atoms with van der Waals surface area (Å²) in [5.41, 5.74) is 0. The maximum Gasteiger partial charge on any atom is 0.263 e. The van der Waals surface area contributed by atoms with E-state index in [1.807, 2.05) is 16.3 Å². The van der Waals surface area contributed by atoms with Crippen molar-refractivity contribution in [1.29, 1.82) is 0 Å². The highest BCUT2D eigenvalue weighted by molar-refractivity contribution is 7.13. The largest absolute Gasteiger partial charge is 0.378 e. The summed E-state index contributed by atoms with van der Waals surface area (Å²) in [5, 5.41) is 5.93. The van der Waals surface area contributed by atoms with Crippen molar-refractivity contribution in [2.75, 3.05) is 13.7 Å². The van der Waals surface area contributed by atoms with Crippen molar-refractivity contribution in [2.24, 2.45) is 5.92 Å². The van der Waals surface area contributed by atoms with Gasteiger partial charge in [0, 0.05) is 30.9 Å². The number of hydrogen-bond acceptors (Lipinski definition) is 6. The number of rotatable bonds is 7. The molecule has 3 fully saturated rings. The van der Waals surface area contributed by atoms with Crippen LogP contribution in [0.2, 0.25) is 0 Å². The second-order valence-electron chi connectivity index (χ2n) is 6.74. The molecule has 138 valence electrons. The molecule has 5 rings (SSSR count). The average molecular weight is 392 g/mol. The van der Waals surface area contributed by atoms with E-state index in [0.717, 1.165) is 24.4 Å². The molecule has 1 aliphatic carbocycles. The fraction of sp³-hybridized carbons (Fsp3) is 0.500. The van der Waals surface area contributed by atoms with Gasteiger partial charge in [-0.25, -0.2) is 4.98 Å². The van der Waals surface area contributed by atoms with Crippen LogP contribution in [0, 0.1) is 5.92 Å². The Morgan fingerprint density at radius 3 is 3.12 bits per heavy atom. The maximum atomic E-state index is 12.6. The minimum absolute atomic E-state index is 0.0705. The number of nitrogens with zero attached hydrogens (tertiary/aromatic N) is 2. The summed E-state index contributed by atoms with van der Waals surface area (Å²) in [6.07, 6.45) is 3.93. The van der Waals surface area contributed by atoms with Gasteiger partial charge >= 0.3 is 0 Å². The zero-order valence-electron chi connectivity index (χ0n) is 14.5. The highest BCUT2D eigenvalue weighted by Gasteiger charge is 2.54. The lowest BCUT2D eigenvalue weighted by atomic mass is 9.80. The molecule has 2 aromatic heterocycles. The van der Waals surface area contributed by atoms with E-state index in [9.17, 15) is 9.59 Å². The van der Waals surface area contributed by atoms with Crippen LogP contribution in [-0.2, 0) is 22.6 Å². The number of nitrogens with one attached hydrogen (secondary N) is 1. The molecular formula is C18H21N3O3S2. The number of carbonyl (C=O) groups is 2. The second-order valence-corrected chi connectivity index (χ2v) is 8.89. The Morgan fingerprint density at radius 1 is 1.46 bits per heavy atom. The van der Waals surface area contributed by atoms with Crippen LogP contribution in [0.1, 0.15) is 32.4 Å². The minimum atomic E-state index is -0.0996. The van der Waals surface area contributed by atoms with Gasteiger partial charge in [0.1, 0.15) is 9.88 Å². The highest BCUT2D eigenvalue weighted by Crippen LogP contribution is 2.41. The molecule has 2 saturated heterocycles. The SMILES string of the molecule is COCc1ncc(C(=O)NC2C3CC2N(C(=O)CCc2cccs2)C3)s1. The molecule has 3 aliphatic rings. The molecular weight excluding hydrogens is 370 g/mol. The Hall–Kier alpha value is -1.77. The average Bonchev–Trinajstić information content (AvgIpc) is 3.40. The smallest absolute Gasteiger partial charge is 0.263 e. The van der Waals surface area contributed by atoms with Crippen molar-refractivity contribution < 1.29 is 14.3 Å². The number of ether oxygens (including phenoxy) is 1. The highest BCUT2D eigenvalue weighted by atomic mass is 32.1. The van der Waals surface area contributed by atoms with Gasteiger partial charge in [0.2, 0.25) is 5.91 Å². The van der Waals surface area contributed by atoms with E-state index < -0.39 is 0 Å². The monoisotopic (exact) mass is 391 g/mol. The van der Waals surface area contributed by atoms with Gasteiger partial charge in [0.25, 0.3) is 5.91 Å². The molecule has 2 aliphatic heterocycles. The molecule has 2 amide bonds. The van der Waals surface area contributed by atoms with Gasteiger partial charge < -0.3 is 15.0 Å². The van der Waals surface area contributed by atoms with Gasteiger partial charge in [-0.2, -0.15) is 0 Å². The molecule has 26 heavy (non-hydrogen) atoms. The summed E-state index contributed by atoms with van der Waals surface area (Å²) in [5.74, 6) is 0.473. The summed E-state index contributed by atoms with van der Waals surface area (Å²) in [4.78, 5) is 33.0. The lowest BCUT2D eigenvalue weighted by Gasteiger charge is -2.36.